The Bertz CT molecular complexity index is 1300. The second-order valence-corrected chi connectivity index (χ2v) is 7.24. The van der Waals surface area contributed by atoms with Gasteiger partial charge in [-0.2, -0.15) is 15.2 Å². The topological polar surface area (TPSA) is 67.6 Å². The third-order valence-electron chi connectivity index (χ3n) is 5.24. The van der Waals surface area contributed by atoms with Crippen LogP contribution in [0, 0.1) is 6.92 Å². The highest BCUT2D eigenvalue weighted by molar-refractivity contribution is 6.21. The van der Waals surface area contributed by atoms with Gasteiger partial charge in [0.05, 0.1) is 23.0 Å². The molecule has 5 rings (SSSR count). The van der Waals surface area contributed by atoms with Crippen molar-refractivity contribution in [3.05, 3.63) is 107 Å². The number of para-hydroxylation sites is 1. The molecule has 3 aromatic carbocycles. The quantitative estimate of drug-likeness (QED) is 0.371. The number of aryl methyl sites for hydroxylation is 1. The zero-order valence-corrected chi connectivity index (χ0v) is 16.8. The van der Waals surface area contributed by atoms with Crippen molar-refractivity contribution in [1.82, 2.24) is 14.8 Å². The fraction of sp³-hybridized carbons (Fsp3) is 0.0400. The number of hydrogen-bond acceptors (Lipinski definition) is 4. The first-order valence-corrected chi connectivity index (χ1v) is 9.86. The summed E-state index contributed by atoms with van der Waals surface area (Å²) in [6.45, 7) is 2.02. The number of aromatic nitrogens is 2. The van der Waals surface area contributed by atoms with Crippen molar-refractivity contribution in [2.24, 2.45) is 5.10 Å². The minimum atomic E-state index is -0.426. The highest BCUT2D eigenvalue weighted by Crippen LogP contribution is 2.25. The molecule has 6 nitrogen and oxygen atoms in total. The maximum atomic E-state index is 12.6. The van der Waals surface area contributed by atoms with Crippen LogP contribution in [-0.4, -0.2) is 32.8 Å². The second-order valence-electron chi connectivity index (χ2n) is 7.24. The second kappa shape index (κ2) is 7.50. The average molecular weight is 406 g/mol. The number of hydrogen-bond donors (Lipinski definition) is 0. The first-order chi connectivity index (χ1) is 15.1. The Hall–Kier alpha value is -4.32. The Morgan fingerprint density at radius 1 is 0.806 bits per heavy atom. The van der Waals surface area contributed by atoms with Crippen LogP contribution in [0.5, 0.6) is 0 Å². The van der Waals surface area contributed by atoms with Crippen LogP contribution in [0.1, 0.15) is 31.8 Å². The van der Waals surface area contributed by atoms with E-state index >= 15 is 0 Å². The van der Waals surface area contributed by atoms with Gasteiger partial charge in [-0.3, -0.25) is 9.59 Å². The molecule has 0 N–H and O–H groups in total. The van der Waals surface area contributed by atoms with Crippen LogP contribution < -0.4 is 0 Å². The van der Waals surface area contributed by atoms with Crippen molar-refractivity contribution >= 4 is 18.0 Å². The normalized spacial score (nSPS) is 13.3. The third kappa shape index (κ3) is 3.24. The van der Waals surface area contributed by atoms with Crippen LogP contribution in [0.25, 0.3) is 16.9 Å². The number of rotatable bonds is 4. The van der Waals surface area contributed by atoms with Crippen LogP contribution in [-0.2, 0) is 0 Å². The molecule has 0 atom stereocenters. The van der Waals surface area contributed by atoms with E-state index in [4.69, 9.17) is 5.10 Å². The van der Waals surface area contributed by atoms with Gasteiger partial charge in [0.1, 0.15) is 5.69 Å². The summed E-state index contributed by atoms with van der Waals surface area (Å²) < 4.78 is 1.79. The summed E-state index contributed by atoms with van der Waals surface area (Å²) in [5.74, 6) is -0.853. The summed E-state index contributed by atoms with van der Waals surface area (Å²) in [4.78, 5) is 25.3. The Balaban J connectivity index is 1.57. The van der Waals surface area contributed by atoms with Gasteiger partial charge in [0.25, 0.3) is 11.8 Å². The van der Waals surface area contributed by atoms with Crippen LogP contribution >= 0.6 is 0 Å². The molecule has 0 aliphatic carbocycles. The molecule has 0 saturated carbocycles. The molecule has 6 heteroatoms. The molecular formula is C25H18N4O2. The number of nitrogens with zero attached hydrogens (tertiary/aromatic N) is 4. The molecule has 1 aliphatic heterocycles. The molecule has 0 spiro atoms. The Morgan fingerprint density at radius 3 is 2.10 bits per heavy atom. The van der Waals surface area contributed by atoms with Gasteiger partial charge in [-0.15, -0.1) is 0 Å². The van der Waals surface area contributed by atoms with Crippen molar-refractivity contribution < 1.29 is 9.59 Å². The minimum Gasteiger partial charge on any atom is -0.267 e. The summed E-state index contributed by atoms with van der Waals surface area (Å²) in [6.07, 6.45) is 3.37. The molecule has 2 heterocycles. The predicted molar refractivity (Wildman–Crippen MR) is 118 cm³/mol. The van der Waals surface area contributed by atoms with E-state index in [0.29, 0.717) is 22.4 Å². The van der Waals surface area contributed by atoms with Crippen molar-refractivity contribution in [3.8, 4) is 16.9 Å². The van der Waals surface area contributed by atoms with Crippen LogP contribution in [0.4, 0.5) is 0 Å². The van der Waals surface area contributed by atoms with E-state index in [1.807, 2.05) is 67.7 Å². The lowest BCUT2D eigenvalue weighted by molar-refractivity contribution is 0.0660. The van der Waals surface area contributed by atoms with Crippen molar-refractivity contribution in [2.45, 2.75) is 6.92 Å². The highest BCUT2D eigenvalue weighted by Gasteiger charge is 2.35. The number of amides is 2. The molecule has 4 aromatic rings. The fourth-order valence-electron chi connectivity index (χ4n) is 3.65. The molecule has 1 aromatic heterocycles. The van der Waals surface area contributed by atoms with E-state index in [-0.39, 0.29) is 0 Å². The van der Waals surface area contributed by atoms with Gasteiger partial charge in [0.15, 0.2) is 0 Å². The molecule has 0 radical (unpaired) electrons. The number of fused-ring (bicyclic) bond motifs is 1. The van der Waals surface area contributed by atoms with Crippen molar-refractivity contribution in [2.75, 3.05) is 0 Å². The monoisotopic (exact) mass is 406 g/mol. The maximum Gasteiger partial charge on any atom is 0.282 e. The van der Waals surface area contributed by atoms with E-state index in [0.717, 1.165) is 21.8 Å². The summed E-state index contributed by atoms with van der Waals surface area (Å²) in [5, 5.41) is 9.92. The smallest absolute Gasteiger partial charge is 0.267 e. The zero-order chi connectivity index (χ0) is 21.4. The number of imide groups is 1. The van der Waals surface area contributed by atoms with Gasteiger partial charge in [-0.25, -0.2) is 4.68 Å². The van der Waals surface area contributed by atoms with Crippen molar-refractivity contribution in [1.29, 1.82) is 0 Å². The van der Waals surface area contributed by atoms with Gasteiger partial charge < -0.3 is 0 Å². The molecule has 0 bridgehead atoms. The lowest BCUT2D eigenvalue weighted by atomic mass is 10.1. The third-order valence-corrected chi connectivity index (χ3v) is 5.24. The van der Waals surface area contributed by atoms with E-state index in [1.165, 1.54) is 6.21 Å². The predicted octanol–water partition coefficient (Wildman–Crippen LogP) is 4.48. The summed E-state index contributed by atoms with van der Waals surface area (Å²) in [7, 11) is 0. The van der Waals surface area contributed by atoms with Gasteiger partial charge in [-0.1, -0.05) is 60.7 Å². The van der Waals surface area contributed by atoms with Crippen LogP contribution in [0.2, 0.25) is 0 Å². The molecule has 1 aliphatic rings. The average Bonchev–Trinajstić information content (AvgIpc) is 3.33. The minimum absolute atomic E-state index is 0.364. The largest absolute Gasteiger partial charge is 0.282 e. The molecule has 2 amide bonds. The summed E-state index contributed by atoms with van der Waals surface area (Å²) in [6, 6.07) is 24.4. The van der Waals surface area contributed by atoms with Crippen LogP contribution in [0.15, 0.2) is 90.2 Å². The van der Waals surface area contributed by atoms with Gasteiger partial charge in [-0.05, 0) is 30.7 Å². The van der Waals surface area contributed by atoms with E-state index in [1.54, 1.807) is 28.9 Å². The van der Waals surface area contributed by atoms with Gasteiger partial charge in [0.2, 0.25) is 0 Å². The first-order valence-electron chi connectivity index (χ1n) is 9.86. The van der Waals surface area contributed by atoms with Crippen LogP contribution in [0.3, 0.4) is 0 Å². The highest BCUT2D eigenvalue weighted by atomic mass is 16.2. The Labute approximate surface area is 179 Å². The Morgan fingerprint density at radius 2 is 1.42 bits per heavy atom. The lowest BCUT2D eigenvalue weighted by Crippen LogP contribution is -2.24. The first kappa shape index (κ1) is 18.7. The van der Waals surface area contributed by atoms with Gasteiger partial charge >= 0.3 is 0 Å². The number of carbonyl (C=O) groups is 2. The fourth-order valence-corrected chi connectivity index (χ4v) is 3.65. The van der Waals surface area contributed by atoms with E-state index < -0.39 is 11.8 Å². The molecular weight excluding hydrogens is 388 g/mol. The molecule has 0 unspecified atom stereocenters. The lowest BCUT2D eigenvalue weighted by Gasteiger charge is -2.05. The van der Waals surface area contributed by atoms with Crippen molar-refractivity contribution in [3.63, 3.8) is 0 Å². The summed E-state index contributed by atoms with van der Waals surface area (Å²) in [5.41, 5.74) is 5.08. The standard InChI is InChI=1S/C25H18N4O2/c1-17-9-5-8-14-22(17)28-16-19(23(27-28)18-10-3-2-4-11-18)15-26-29-24(30)20-12-6-7-13-21(20)25(29)31/h2-16H,1H3. The van der Waals surface area contributed by atoms with Gasteiger partial charge in [0, 0.05) is 17.3 Å². The zero-order valence-electron chi connectivity index (χ0n) is 16.8. The number of hydrazone groups is 1. The maximum absolute atomic E-state index is 12.6. The molecule has 150 valence electrons. The SMILES string of the molecule is Cc1ccccc1-n1cc(C=NN2C(=O)c3ccccc3C2=O)c(-c2ccccc2)n1. The molecule has 31 heavy (non-hydrogen) atoms. The Kier molecular flexibility index (Phi) is 4.52. The number of carbonyl (C=O) groups excluding carboxylic acids is 2. The number of benzene rings is 3. The van der Waals surface area contributed by atoms with E-state index in [9.17, 15) is 9.59 Å². The molecule has 0 fully saturated rings. The molecule has 0 saturated heterocycles. The van der Waals surface area contributed by atoms with E-state index in [2.05, 4.69) is 5.10 Å². The summed E-state index contributed by atoms with van der Waals surface area (Å²) >= 11 is 0.